The van der Waals surface area contributed by atoms with Gasteiger partial charge in [-0.05, 0) is 24.1 Å². The molecule has 2 N–H and O–H groups in total. The first-order valence-electron chi connectivity index (χ1n) is 7.55. The molecule has 0 bridgehead atoms. The van der Waals surface area contributed by atoms with E-state index in [0.717, 1.165) is 25.1 Å². The van der Waals surface area contributed by atoms with Crippen LogP contribution < -0.4 is 10.6 Å². The average molecular weight is 300 g/mol. The zero-order valence-corrected chi connectivity index (χ0v) is 12.6. The zero-order valence-electron chi connectivity index (χ0n) is 12.6. The van der Waals surface area contributed by atoms with Gasteiger partial charge in [0.05, 0.1) is 0 Å². The van der Waals surface area contributed by atoms with Crippen molar-refractivity contribution in [3.63, 3.8) is 0 Å². The lowest BCUT2D eigenvalue weighted by Gasteiger charge is -2.30. The summed E-state index contributed by atoms with van der Waals surface area (Å²) in [6, 6.07) is 9.76. The molecule has 7 heteroatoms. The van der Waals surface area contributed by atoms with Gasteiger partial charge in [0.25, 0.3) is 0 Å². The van der Waals surface area contributed by atoms with Crippen molar-refractivity contribution in [1.82, 2.24) is 30.8 Å². The molecule has 1 fully saturated rings. The van der Waals surface area contributed by atoms with Crippen LogP contribution in [-0.2, 0) is 11.3 Å². The van der Waals surface area contributed by atoms with E-state index < -0.39 is 0 Å². The second-order valence-corrected chi connectivity index (χ2v) is 5.65. The van der Waals surface area contributed by atoms with E-state index in [1.807, 2.05) is 30.3 Å². The van der Waals surface area contributed by atoms with Gasteiger partial charge in [0, 0.05) is 18.2 Å². The highest BCUT2D eigenvalue weighted by Crippen LogP contribution is 2.12. The van der Waals surface area contributed by atoms with Gasteiger partial charge in [0.15, 0.2) is 0 Å². The fourth-order valence-electron chi connectivity index (χ4n) is 2.58. The zero-order chi connectivity index (χ0) is 15.4. The van der Waals surface area contributed by atoms with Gasteiger partial charge in [0.2, 0.25) is 11.7 Å². The normalized spacial score (nSPS) is 21.5. The Hall–Kier alpha value is -2.28. The van der Waals surface area contributed by atoms with Crippen molar-refractivity contribution < 1.29 is 4.79 Å². The Morgan fingerprint density at radius 2 is 2.23 bits per heavy atom. The van der Waals surface area contributed by atoms with Crippen LogP contribution in [0.15, 0.2) is 30.3 Å². The van der Waals surface area contributed by atoms with Crippen LogP contribution in [0.3, 0.4) is 0 Å². The first kappa shape index (κ1) is 14.6. The molecule has 0 radical (unpaired) electrons. The van der Waals surface area contributed by atoms with Crippen LogP contribution >= 0.6 is 0 Å². The second-order valence-electron chi connectivity index (χ2n) is 5.65. The first-order valence-corrected chi connectivity index (χ1v) is 7.55. The lowest BCUT2D eigenvalue weighted by Crippen LogP contribution is -2.51. The summed E-state index contributed by atoms with van der Waals surface area (Å²) in [6.07, 6.45) is 1.07. The van der Waals surface area contributed by atoms with E-state index in [4.69, 9.17) is 0 Å². The number of tetrazole rings is 1. The lowest BCUT2D eigenvalue weighted by atomic mass is 9.95. The number of aromatic nitrogens is 4. The molecule has 7 nitrogen and oxygen atoms in total. The molecule has 1 aliphatic heterocycles. The summed E-state index contributed by atoms with van der Waals surface area (Å²) in [5.74, 6) is 0.924. The Morgan fingerprint density at radius 1 is 1.41 bits per heavy atom. The van der Waals surface area contributed by atoms with Gasteiger partial charge >= 0.3 is 0 Å². The van der Waals surface area contributed by atoms with Crippen LogP contribution in [0.4, 0.5) is 0 Å². The van der Waals surface area contributed by atoms with Gasteiger partial charge in [-0.2, -0.15) is 4.80 Å². The van der Waals surface area contributed by atoms with E-state index in [0.29, 0.717) is 11.7 Å². The maximum absolute atomic E-state index is 12.1. The minimum absolute atomic E-state index is 0.0856. The number of carbonyl (C=O) groups excluding carboxylic acids is 1. The molecule has 2 unspecified atom stereocenters. The number of amides is 1. The monoisotopic (exact) mass is 300 g/mol. The smallest absolute Gasteiger partial charge is 0.243 e. The number of nitrogens with zero attached hydrogens (tertiary/aromatic N) is 4. The fourth-order valence-corrected chi connectivity index (χ4v) is 2.58. The maximum Gasteiger partial charge on any atom is 0.243 e. The van der Waals surface area contributed by atoms with Crippen molar-refractivity contribution in [2.45, 2.75) is 25.9 Å². The predicted molar refractivity (Wildman–Crippen MR) is 81.8 cm³/mol. The summed E-state index contributed by atoms with van der Waals surface area (Å²) in [7, 11) is 0. The number of carbonyl (C=O) groups is 1. The molecule has 0 saturated carbocycles. The Morgan fingerprint density at radius 3 is 3.00 bits per heavy atom. The molecule has 3 rings (SSSR count). The van der Waals surface area contributed by atoms with Crippen LogP contribution in [0.25, 0.3) is 11.4 Å². The minimum atomic E-state index is -0.0856. The topological polar surface area (TPSA) is 84.7 Å². The molecular formula is C15H20N6O. The van der Waals surface area contributed by atoms with Gasteiger partial charge < -0.3 is 10.6 Å². The van der Waals surface area contributed by atoms with Gasteiger partial charge in [-0.1, -0.05) is 37.3 Å². The lowest BCUT2D eigenvalue weighted by molar-refractivity contribution is -0.123. The van der Waals surface area contributed by atoms with Crippen LogP contribution in [0.5, 0.6) is 0 Å². The molecule has 0 spiro atoms. The summed E-state index contributed by atoms with van der Waals surface area (Å²) in [5, 5.41) is 18.5. The number of hydrogen-bond donors (Lipinski definition) is 2. The van der Waals surface area contributed by atoms with Gasteiger partial charge in [-0.25, -0.2) is 0 Å². The molecule has 2 atom stereocenters. The van der Waals surface area contributed by atoms with Gasteiger partial charge in [-0.15, -0.1) is 10.2 Å². The highest BCUT2D eigenvalue weighted by atomic mass is 16.2. The van der Waals surface area contributed by atoms with E-state index in [9.17, 15) is 4.79 Å². The summed E-state index contributed by atoms with van der Waals surface area (Å²) < 4.78 is 0. The number of benzene rings is 1. The first-order chi connectivity index (χ1) is 10.7. The fraction of sp³-hybridized carbons (Fsp3) is 0.467. The Labute approximate surface area is 129 Å². The van der Waals surface area contributed by atoms with E-state index in [2.05, 4.69) is 33.0 Å². The molecule has 1 aromatic heterocycles. The predicted octanol–water partition coefficient (Wildman–Crippen LogP) is 0.454. The summed E-state index contributed by atoms with van der Waals surface area (Å²) in [4.78, 5) is 13.4. The van der Waals surface area contributed by atoms with Crippen LogP contribution in [0, 0.1) is 5.92 Å². The molecule has 116 valence electrons. The van der Waals surface area contributed by atoms with Gasteiger partial charge in [0.1, 0.15) is 6.54 Å². The molecule has 2 heterocycles. The van der Waals surface area contributed by atoms with Crippen molar-refractivity contribution in [2.24, 2.45) is 5.92 Å². The van der Waals surface area contributed by atoms with Crippen molar-refractivity contribution in [3.05, 3.63) is 30.3 Å². The second kappa shape index (κ2) is 6.65. The van der Waals surface area contributed by atoms with Gasteiger partial charge in [-0.3, -0.25) is 4.79 Å². The highest BCUT2D eigenvalue weighted by Gasteiger charge is 2.22. The van der Waals surface area contributed by atoms with Crippen LogP contribution in [-0.4, -0.2) is 45.2 Å². The largest absolute Gasteiger partial charge is 0.350 e. The maximum atomic E-state index is 12.1. The highest BCUT2D eigenvalue weighted by molar-refractivity contribution is 5.76. The number of rotatable bonds is 4. The average Bonchev–Trinajstić information content (AvgIpc) is 2.99. The van der Waals surface area contributed by atoms with Crippen molar-refractivity contribution in [3.8, 4) is 11.4 Å². The third kappa shape index (κ3) is 3.48. The molecule has 1 aliphatic rings. The van der Waals surface area contributed by atoms with E-state index in [1.54, 1.807) is 0 Å². The molecule has 22 heavy (non-hydrogen) atoms. The SMILES string of the molecule is CC1CCNCC1NC(=O)Cn1nnc(-c2ccccc2)n1. The quantitative estimate of drug-likeness (QED) is 0.856. The van der Waals surface area contributed by atoms with Crippen LogP contribution in [0.1, 0.15) is 13.3 Å². The van der Waals surface area contributed by atoms with Crippen molar-refractivity contribution >= 4 is 5.91 Å². The Balaban J connectivity index is 1.59. The summed E-state index contributed by atoms with van der Waals surface area (Å²) in [6.45, 7) is 4.07. The molecule has 0 aliphatic carbocycles. The Kier molecular flexibility index (Phi) is 4.43. The van der Waals surface area contributed by atoms with E-state index >= 15 is 0 Å². The third-order valence-corrected chi connectivity index (χ3v) is 3.94. The molecule has 1 saturated heterocycles. The Bertz CT molecular complexity index is 626. The van der Waals surface area contributed by atoms with Crippen molar-refractivity contribution in [1.29, 1.82) is 0 Å². The molecule has 1 aromatic carbocycles. The third-order valence-electron chi connectivity index (χ3n) is 3.94. The number of nitrogens with one attached hydrogen (secondary N) is 2. The summed E-state index contributed by atoms with van der Waals surface area (Å²) >= 11 is 0. The van der Waals surface area contributed by atoms with Crippen molar-refractivity contribution in [2.75, 3.05) is 13.1 Å². The molecule has 2 aromatic rings. The summed E-state index contributed by atoms with van der Waals surface area (Å²) in [5.41, 5.74) is 0.888. The van der Waals surface area contributed by atoms with E-state index in [-0.39, 0.29) is 18.5 Å². The standard InChI is InChI=1S/C15H20N6O/c1-11-7-8-16-9-13(11)17-14(22)10-21-19-15(18-20-21)12-5-3-2-4-6-12/h2-6,11,13,16H,7-10H2,1H3,(H,17,22). The number of hydrogen-bond acceptors (Lipinski definition) is 5. The number of piperidine rings is 1. The van der Waals surface area contributed by atoms with Crippen LogP contribution in [0.2, 0.25) is 0 Å². The molecular weight excluding hydrogens is 280 g/mol. The molecule has 1 amide bonds. The minimum Gasteiger partial charge on any atom is -0.350 e. The van der Waals surface area contributed by atoms with E-state index in [1.165, 1.54) is 4.80 Å².